The van der Waals surface area contributed by atoms with Crippen molar-refractivity contribution in [3.63, 3.8) is 0 Å². The van der Waals surface area contributed by atoms with Crippen LogP contribution in [0.5, 0.6) is 0 Å². The second kappa shape index (κ2) is 12.8. The molecule has 0 aliphatic rings. The molecule has 0 heterocycles. The molecular weight excluding hydrogens is 374 g/mol. The van der Waals surface area contributed by atoms with Crippen LogP contribution in [0.3, 0.4) is 0 Å². The number of alkyl carbamates (subject to hydrolysis) is 1. The lowest BCUT2D eigenvalue weighted by Gasteiger charge is -2.17. The van der Waals surface area contributed by atoms with Crippen molar-refractivity contribution in [3.8, 4) is 0 Å². The molecular formula is C22H27NO4S. The molecule has 2 aromatic carbocycles. The Hall–Kier alpha value is -2.47. The summed E-state index contributed by atoms with van der Waals surface area (Å²) < 4.78 is 10.6. The standard InChI is InChI=1S/C22H27NO4S/c1-28-16-14-20(23-22(25)27-17-19-11-6-3-7-12-19)21(24)26-15-8-13-18-9-4-2-5-10-18/h2-7,9-12,20H,8,13-17H2,1H3,(H,23,25)/t20-/m0/s1. The summed E-state index contributed by atoms with van der Waals surface area (Å²) in [6.45, 7) is 0.484. The summed E-state index contributed by atoms with van der Waals surface area (Å²) in [5, 5.41) is 2.63. The van der Waals surface area contributed by atoms with Gasteiger partial charge in [-0.05, 0) is 42.4 Å². The Labute approximate surface area is 170 Å². The molecule has 0 fully saturated rings. The Morgan fingerprint density at radius 3 is 2.25 bits per heavy atom. The van der Waals surface area contributed by atoms with Crippen LogP contribution in [0.25, 0.3) is 0 Å². The molecule has 1 amide bonds. The van der Waals surface area contributed by atoms with Gasteiger partial charge in [0.05, 0.1) is 6.61 Å². The van der Waals surface area contributed by atoms with Crippen molar-refractivity contribution in [1.29, 1.82) is 0 Å². The molecule has 0 saturated carbocycles. The summed E-state index contributed by atoms with van der Waals surface area (Å²) in [5.41, 5.74) is 2.10. The van der Waals surface area contributed by atoms with Gasteiger partial charge in [-0.25, -0.2) is 9.59 Å². The largest absolute Gasteiger partial charge is 0.464 e. The molecule has 0 radical (unpaired) electrons. The predicted molar refractivity (Wildman–Crippen MR) is 112 cm³/mol. The molecule has 0 bridgehead atoms. The van der Waals surface area contributed by atoms with Crippen molar-refractivity contribution >= 4 is 23.8 Å². The van der Waals surface area contributed by atoms with E-state index in [0.29, 0.717) is 13.0 Å². The van der Waals surface area contributed by atoms with E-state index in [-0.39, 0.29) is 6.61 Å². The average Bonchev–Trinajstić information content (AvgIpc) is 2.74. The highest BCUT2D eigenvalue weighted by Gasteiger charge is 2.22. The van der Waals surface area contributed by atoms with Gasteiger partial charge in [-0.3, -0.25) is 0 Å². The van der Waals surface area contributed by atoms with Gasteiger partial charge in [0, 0.05) is 0 Å². The van der Waals surface area contributed by atoms with Crippen molar-refractivity contribution < 1.29 is 19.1 Å². The summed E-state index contributed by atoms with van der Waals surface area (Å²) in [6.07, 6.45) is 3.42. The molecule has 1 N–H and O–H groups in total. The molecule has 0 aliphatic heterocycles. The second-order valence-corrected chi connectivity index (χ2v) is 7.28. The Balaban J connectivity index is 1.75. The fourth-order valence-electron chi connectivity index (χ4n) is 2.59. The fourth-order valence-corrected chi connectivity index (χ4v) is 3.06. The topological polar surface area (TPSA) is 64.6 Å². The highest BCUT2D eigenvalue weighted by molar-refractivity contribution is 7.98. The molecule has 2 rings (SSSR count). The third kappa shape index (κ3) is 8.48. The molecule has 0 saturated heterocycles. The molecule has 150 valence electrons. The van der Waals surface area contributed by atoms with Crippen molar-refractivity contribution in [2.24, 2.45) is 0 Å². The number of carbonyl (C=O) groups is 2. The van der Waals surface area contributed by atoms with Gasteiger partial charge >= 0.3 is 12.1 Å². The number of esters is 1. The Bertz CT molecular complexity index is 709. The van der Waals surface area contributed by atoms with E-state index >= 15 is 0 Å². The van der Waals surface area contributed by atoms with E-state index in [2.05, 4.69) is 5.32 Å². The van der Waals surface area contributed by atoms with E-state index in [1.54, 1.807) is 11.8 Å². The lowest BCUT2D eigenvalue weighted by Crippen LogP contribution is -2.42. The van der Waals surface area contributed by atoms with Gasteiger partial charge in [0.2, 0.25) is 0 Å². The first kappa shape index (κ1) is 21.8. The minimum atomic E-state index is -0.701. The highest BCUT2D eigenvalue weighted by Crippen LogP contribution is 2.07. The Kier molecular flexibility index (Phi) is 10.0. The van der Waals surface area contributed by atoms with Gasteiger partial charge in [0.15, 0.2) is 0 Å². The Morgan fingerprint density at radius 2 is 1.61 bits per heavy atom. The van der Waals surface area contributed by atoms with Crippen LogP contribution in [0.1, 0.15) is 24.0 Å². The first-order chi connectivity index (χ1) is 13.7. The second-order valence-electron chi connectivity index (χ2n) is 6.30. The van der Waals surface area contributed by atoms with Crippen LogP contribution in [0.2, 0.25) is 0 Å². The van der Waals surface area contributed by atoms with E-state index in [1.165, 1.54) is 5.56 Å². The number of rotatable bonds is 11. The molecule has 6 heteroatoms. The van der Waals surface area contributed by atoms with E-state index < -0.39 is 18.1 Å². The number of thioether (sulfide) groups is 1. The van der Waals surface area contributed by atoms with Crippen molar-refractivity contribution in [1.82, 2.24) is 5.32 Å². The number of benzene rings is 2. The third-order valence-electron chi connectivity index (χ3n) is 4.10. The number of carbonyl (C=O) groups excluding carboxylic acids is 2. The normalized spacial score (nSPS) is 11.5. The zero-order valence-electron chi connectivity index (χ0n) is 16.1. The van der Waals surface area contributed by atoms with Crippen LogP contribution in [0, 0.1) is 0 Å². The maximum absolute atomic E-state index is 12.4. The zero-order chi connectivity index (χ0) is 20.0. The number of nitrogens with one attached hydrogen (secondary N) is 1. The highest BCUT2D eigenvalue weighted by atomic mass is 32.2. The van der Waals surface area contributed by atoms with Gasteiger partial charge in [0.1, 0.15) is 12.6 Å². The van der Waals surface area contributed by atoms with Crippen molar-refractivity contribution in [2.45, 2.75) is 31.9 Å². The smallest absolute Gasteiger partial charge is 0.408 e. The van der Waals surface area contributed by atoms with E-state index in [1.807, 2.05) is 66.9 Å². The fraction of sp³-hybridized carbons (Fsp3) is 0.364. The van der Waals surface area contributed by atoms with Crippen molar-refractivity contribution in [3.05, 3.63) is 71.8 Å². The van der Waals surface area contributed by atoms with Crippen LogP contribution < -0.4 is 5.32 Å². The van der Waals surface area contributed by atoms with Gasteiger partial charge in [0.25, 0.3) is 0 Å². The lowest BCUT2D eigenvalue weighted by atomic mass is 10.1. The Morgan fingerprint density at radius 1 is 0.964 bits per heavy atom. The van der Waals surface area contributed by atoms with Crippen LogP contribution in [-0.2, 0) is 27.3 Å². The SMILES string of the molecule is CSCC[C@H](NC(=O)OCc1ccccc1)C(=O)OCCCc1ccccc1. The number of hydrogen-bond acceptors (Lipinski definition) is 5. The molecule has 28 heavy (non-hydrogen) atoms. The molecule has 0 unspecified atom stereocenters. The van der Waals surface area contributed by atoms with Gasteiger partial charge in [-0.15, -0.1) is 0 Å². The summed E-state index contributed by atoms with van der Waals surface area (Å²) >= 11 is 1.61. The molecule has 0 aromatic heterocycles. The lowest BCUT2D eigenvalue weighted by molar-refractivity contribution is -0.146. The third-order valence-corrected chi connectivity index (χ3v) is 4.74. The molecule has 2 aromatic rings. The van der Waals surface area contributed by atoms with Gasteiger partial charge in [-0.1, -0.05) is 60.7 Å². The monoisotopic (exact) mass is 401 g/mol. The van der Waals surface area contributed by atoms with Crippen LogP contribution in [-0.4, -0.2) is 36.7 Å². The molecule has 0 spiro atoms. The van der Waals surface area contributed by atoms with Gasteiger partial charge < -0.3 is 14.8 Å². The number of hydrogen-bond donors (Lipinski definition) is 1. The van der Waals surface area contributed by atoms with Crippen molar-refractivity contribution in [2.75, 3.05) is 18.6 Å². The van der Waals surface area contributed by atoms with Gasteiger partial charge in [-0.2, -0.15) is 11.8 Å². The minimum absolute atomic E-state index is 0.161. The first-order valence-corrected chi connectivity index (χ1v) is 10.7. The molecule has 1 atom stereocenters. The number of ether oxygens (including phenoxy) is 2. The maximum Gasteiger partial charge on any atom is 0.408 e. The minimum Gasteiger partial charge on any atom is -0.464 e. The predicted octanol–water partition coefficient (Wildman–Crippen LogP) is 4.21. The quantitative estimate of drug-likeness (QED) is 0.451. The summed E-state index contributed by atoms with van der Waals surface area (Å²) in [4.78, 5) is 24.4. The van der Waals surface area contributed by atoms with Crippen LogP contribution in [0.15, 0.2) is 60.7 Å². The average molecular weight is 402 g/mol. The molecule has 5 nitrogen and oxygen atoms in total. The summed E-state index contributed by atoms with van der Waals surface area (Å²) in [5.74, 6) is 0.321. The van der Waals surface area contributed by atoms with Crippen LogP contribution >= 0.6 is 11.8 Å². The maximum atomic E-state index is 12.4. The summed E-state index contributed by atoms with van der Waals surface area (Å²) in [7, 11) is 0. The summed E-state index contributed by atoms with van der Waals surface area (Å²) in [6, 6.07) is 18.8. The van der Waals surface area contributed by atoms with E-state index in [4.69, 9.17) is 9.47 Å². The number of aryl methyl sites for hydroxylation is 1. The zero-order valence-corrected chi connectivity index (χ0v) is 17.0. The van der Waals surface area contributed by atoms with E-state index in [0.717, 1.165) is 24.2 Å². The first-order valence-electron chi connectivity index (χ1n) is 9.35. The van der Waals surface area contributed by atoms with Crippen LogP contribution in [0.4, 0.5) is 4.79 Å². The number of amides is 1. The molecule has 0 aliphatic carbocycles. The van der Waals surface area contributed by atoms with E-state index in [9.17, 15) is 9.59 Å².